The molecule has 184 valence electrons. The van der Waals surface area contributed by atoms with Crippen molar-refractivity contribution < 1.29 is 23.5 Å². The summed E-state index contributed by atoms with van der Waals surface area (Å²) in [5.41, 5.74) is 2.35. The van der Waals surface area contributed by atoms with Crippen LogP contribution in [0.1, 0.15) is 10.4 Å². The predicted octanol–water partition coefficient (Wildman–Crippen LogP) is 5.95. The van der Waals surface area contributed by atoms with Gasteiger partial charge in [0.1, 0.15) is 22.9 Å². The molecule has 0 aliphatic carbocycles. The maximum absolute atomic E-state index is 13.1. The van der Waals surface area contributed by atoms with E-state index in [2.05, 4.69) is 15.6 Å². The highest BCUT2D eigenvalue weighted by Gasteiger charge is 2.18. The molecule has 0 aliphatic heterocycles. The fourth-order valence-corrected chi connectivity index (χ4v) is 4.73. The molecule has 36 heavy (non-hydrogen) atoms. The number of ether oxygens (including phenoxy) is 2. The fraction of sp³-hybridized carbons (Fsp3) is 0.115. The van der Waals surface area contributed by atoms with Crippen LogP contribution >= 0.6 is 23.1 Å². The molecule has 1 heterocycles. The molecule has 0 aliphatic rings. The van der Waals surface area contributed by atoms with Crippen molar-refractivity contribution in [2.45, 2.75) is 4.90 Å². The first-order valence-corrected chi connectivity index (χ1v) is 12.6. The number of hydrogen-bond donors (Lipinski definition) is 2. The highest BCUT2D eigenvalue weighted by atomic mass is 32.2. The number of hydrogen-bond acceptors (Lipinski definition) is 7. The van der Waals surface area contributed by atoms with E-state index in [0.717, 1.165) is 10.5 Å². The van der Waals surface area contributed by atoms with E-state index in [4.69, 9.17) is 9.47 Å². The monoisotopic (exact) mass is 523 g/mol. The van der Waals surface area contributed by atoms with Gasteiger partial charge in [-0.25, -0.2) is 9.37 Å². The minimum atomic E-state index is -0.354. The number of anilines is 2. The number of aromatic nitrogens is 1. The summed E-state index contributed by atoms with van der Waals surface area (Å²) in [5.74, 6) is 0.153. The molecule has 7 nitrogen and oxygen atoms in total. The molecule has 4 rings (SSSR count). The molecule has 0 atom stereocenters. The summed E-state index contributed by atoms with van der Waals surface area (Å²) in [4.78, 5) is 30.4. The average Bonchev–Trinajstić information content (AvgIpc) is 3.36. The number of benzene rings is 3. The van der Waals surface area contributed by atoms with E-state index in [1.165, 1.54) is 49.5 Å². The summed E-state index contributed by atoms with van der Waals surface area (Å²) in [6, 6.07) is 18.3. The summed E-state index contributed by atoms with van der Waals surface area (Å²) in [6.07, 6.45) is 0. The van der Waals surface area contributed by atoms with Gasteiger partial charge >= 0.3 is 0 Å². The number of nitrogens with zero attached hydrogens (tertiary/aromatic N) is 1. The number of thioether (sulfide) groups is 1. The minimum Gasteiger partial charge on any atom is -0.496 e. The molecule has 0 saturated heterocycles. The quantitative estimate of drug-likeness (QED) is 0.264. The van der Waals surface area contributed by atoms with Gasteiger partial charge in [-0.05, 0) is 60.7 Å². The van der Waals surface area contributed by atoms with Gasteiger partial charge in [-0.1, -0.05) is 6.07 Å². The summed E-state index contributed by atoms with van der Waals surface area (Å²) in [6.45, 7) is 0. The van der Waals surface area contributed by atoms with Crippen molar-refractivity contribution in [3.05, 3.63) is 83.5 Å². The Morgan fingerprint density at radius 2 is 1.61 bits per heavy atom. The summed E-state index contributed by atoms with van der Waals surface area (Å²) < 4.78 is 23.7. The van der Waals surface area contributed by atoms with Crippen LogP contribution in [0.3, 0.4) is 0 Å². The number of carbonyl (C=O) groups is 2. The van der Waals surface area contributed by atoms with Crippen LogP contribution in [0.4, 0.5) is 15.2 Å². The van der Waals surface area contributed by atoms with Crippen LogP contribution in [-0.4, -0.2) is 36.8 Å². The van der Waals surface area contributed by atoms with Crippen LogP contribution in [0.2, 0.25) is 0 Å². The number of rotatable bonds is 9. The normalized spacial score (nSPS) is 10.5. The van der Waals surface area contributed by atoms with Gasteiger partial charge in [0.25, 0.3) is 5.91 Å². The largest absolute Gasteiger partial charge is 0.496 e. The standard InChI is InChI=1S/C26H22FN3O4S2/c1-33-21-4-3-5-22(34-2)24(21)25(32)28-18-10-12-19(13-11-18)35-15-23(31)30-26-29-20(14-36-26)16-6-8-17(27)9-7-16/h3-14H,15H2,1-2H3,(H,28,32)(H,29,30,31). The Labute approximate surface area is 215 Å². The second-order valence-corrected chi connectivity index (χ2v) is 9.30. The van der Waals surface area contributed by atoms with E-state index in [-0.39, 0.29) is 23.4 Å². The third-order valence-corrected chi connectivity index (χ3v) is 6.80. The summed E-state index contributed by atoms with van der Waals surface area (Å²) in [5, 5.41) is 7.91. The van der Waals surface area contributed by atoms with Crippen LogP contribution in [0, 0.1) is 5.82 Å². The lowest BCUT2D eigenvalue weighted by atomic mass is 10.1. The van der Waals surface area contributed by atoms with Crippen LogP contribution < -0.4 is 20.1 Å². The van der Waals surface area contributed by atoms with E-state index < -0.39 is 0 Å². The van der Waals surface area contributed by atoms with Gasteiger partial charge in [0.15, 0.2) is 5.13 Å². The van der Waals surface area contributed by atoms with E-state index >= 15 is 0 Å². The molecule has 0 saturated carbocycles. The molecule has 0 spiro atoms. The molecule has 2 N–H and O–H groups in total. The minimum absolute atomic E-state index is 0.190. The van der Waals surface area contributed by atoms with Crippen LogP contribution in [0.15, 0.2) is 77.0 Å². The van der Waals surface area contributed by atoms with Crippen molar-refractivity contribution in [2.24, 2.45) is 0 Å². The van der Waals surface area contributed by atoms with Crippen molar-refractivity contribution in [3.63, 3.8) is 0 Å². The molecule has 2 amide bonds. The highest BCUT2D eigenvalue weighted by molar-refractivity contribution is 8.00. The molecule has 3 aromatic carbocycles. The Bertz CT molecular complexity index is 1340. The Kier molecular flexibility index (Phi) is 8.19. The number of nitrogens with one attached hydrogen (secondary N) is 2. The maximum Gasteiger partial charge on any atom is 0.263 e. The SMILES string of the molecule is COc1cccc(OC)c1C(=O)Nc1ccc(SCC(=O)Nc2nc(-c3ccc(F)cc3)cs2)cc1. The van der Waals surface area contributed by atoms with Gasteiger partial charge in [0, 0.05) is 21.5 Å². The molecule has 0 fully saturated rings. The first-order valence-electron chi connectivity index (χ1n) is 10.7. The van der Waals surface area contributed by atoms with E-state index in [1.54, 1.807) is 42.5 Å². The lowest BCUT2D eigenvalue weighted by Crippen LogP contribution is -2.14. The fourth-order valence-electron chi connectivity index (χ4n) is 3.29. The third-order valence-electron chi connectivity index (χ3n) is 5.03. The van der Waals surface area contributed by atoms with Crippen LogP contribution in [-0.2, 0) is 4.79 Å². The maximum atomic E-state index is 13.1. The second-order valence-electron chi connectivity index (χ2n) is 7.40. The number of thiazole rings is 1. The smallest absolute Gasteiger partial charge is 0.263 e. The molecular formula is C26H22FN3O4S2. The average molecular weight is 524 g/mol. The Balaban J connectivity index is 1.31. The molecule has 0 radical (unpaired) electrons. The predicted molar refractivity (Wildman–Crippen MR) is 141 cm³/mol. The van der Waals surface area contributed by atoms with Crippen molar-refractivity contribution in [1.29, 1.82) is 0 Å². The van der Waals surface area contributed by atoms with Crippen molar-refractivity contribution >= 4 is 45.7 Å². The number of carbonyl (C=O) groups excluding carboxylic acids is 2. The number of halogens is 1. The number of amides is 2. The molecule has 4 aromatic rings. The zero-order valence-corrected chi connectivity index (χ0v) is 21.0. The Morgan fingerprint density at radius 3 is 2.25 bits per heavy atom. The van der Waals surface area contributed by atoms with Crippen LogP contribution in [0.25, 0.3) is 11.3 Å². The van der Waals surface area contributed by atoms with E-state index in [0.29, 0.717) is 33.6 Å². The Morgan fingerprint density at radius 1 is 0.944 bits per heavy atom. The first kappa shape index (κ1) is 25.2. The highest BCUT2D eigenvalue weighted by Crippen LogP contribution is 2.30. The third kappa shape index (κ3) is 6.21. The van der Waals surface area contributed by atoms with Crippen molar-refractivity contribution in [3.8, 4) is 22.8 Å². The first-order chi connectivity index (χ1) is 17.5. The van der Waals surface area contributed by atoms with Gasteiger partial charge in [-0.15, -0.1) is 23.1 Å². The van der Waals surface area contributed by atoms with Crippen molar-refractivity contribution in [2.75, 3.05) is 30.6 Å². The van der Waals surface area contributed by atoms with Gasteiger partial charge in [-0.2, -0.15) is 0 Å². The van der Waals surface area contributed by atoms with E-state index in [1.807, 2.05) is 17.5 Å². The second kappa shape index (κ2) is 11.7. The van der Waals surface area contributed by atoms with Gasteiger partial charge in [0.2, 0.25) is 5.91 Å². The van der Waals surface area contributed by atoms with Gasteiger partial charge in [0.05, 0.1) is 25.7 Å². The van der Waals surface area contributed by atoms with Gasteiger partial charge in [-0.3, -0.25) is 9.59 Å². The topological polar surface area (TPSA) is 89.5 Å². The molecule has 0 bridgehead atoms. The lowest BCUT2D eigenvalue weighted by Gasteiger charge is -2.13. The number of methoxy groups -OCH3 is 2. The van der Waals surface area contributed by atoms with Crippen molar-refractivity contribution in [1.82, 2.24) is 4.98 Å². The zero-order valence-electron chi connectivity index (χ0n) is 19.4. The molecule has 0 unspecified atom stereocenters. The lowest BCUT2D eigenvalue weighted by molar-refractivity contribution is -0.113. The zero-order chi connectivity index (χ0) is 25.5. The van der Waals surface area contributed by atoms with Crippen LogP contribution in [0.5, 0.6) is 11.5 Å². The Hall–Kier alpha value is -3.89. The van der Waals surface area contributed by atoms with Gasteiger partial charge < -0.3 is 20.1 Å². The summed E-state index contributed by atoms with van der Waals surface area (Å²) >= 11 is 2.66. The molecule has 10 heteroatoms. The molecule has 1 aromatic heterocycles. The molecular weight excluding hydrogens is 501 g/mol. The summed E-state index contributed by atoms with van der Waals surface area (Å²) in [7, 11) is 2.99. The van der Waals surface area contributed by atoms with E-state index in [9.17, 15) is 14.0 Å².